The Morgan fingerprint density at radius 2 is 0.827 bits per heavy atom. The first kappa shape index (κ1) is 69.8. The van der Waals surface area contributed by atoms with Crippen LogP contribution in [0.5, 0.6) is 0 Å². The number of rotatable bonds is 51. The van der Waals surface area contributed by atoms with Crippen molar-refractivity contribution in [3.05, 3.63) is 12.2 Å². The molecule has 0 spiro atoms. The quantitative estimate of drug-likeness (QED) is 0.0204. The first-order valence-electron chi connectivity index (χ1n) is 31.4. The number of carbonyl (C=O) groups excluding carboxylic acids is 1. The monoisotopic (exact) mass is 1070 g/mol. The van der Waals surface area contributed by atoms with Crippen LogP contribution in [0.25, 0.3) is 0 Å². The van der Waals surface area contributed by atoms with E-state index in [4.69, 9.17) is 18.9 Å². The fourth-order valence-electron chi connectivity index (χ4n) is 10.6. The van der Waals surface area contributed by atoms with Gasteiger partial charge in [-0.1, -0.05) is 264 Å². The van der Waals surface area contributed by atoms with Gasteiger partial charge in [0.15, 0.2) is 12.6 Å². The number of carbonyl (C=O) groups is 1. The van der Waals surface area contributed by atoms with Crippen LogP contribution in [0.1, 0.15) is 277 Å². The Morgan fingerprint density at radius 3 is 1.23 bits per heavy atom. The Balaban J connectivity index is 1.70. The van der Waals surface area contributed by atoms with Crippen molar-refractivity contribution in [1.82, 2.24) is 5.32 Å². The smallest absolute Gasteiger partial charge is 0.220 e. The van der Waals surface area contributed by atoms with Gasteiger partial charge in [0.25, 0.3) is 0 Å². The molecule has 0 radical (unpaired) electrons. The van der Waals surface area contributed by atoms with E-state index in [-0.39, 0.29) is 18.9 Å². The molecule has 1 amide bonds. The van der Waals surface area contributed by atoms with Crippen molar-refractivity contribution >= 4 is 5.91 Å². The van der Waals surface area contributed by atoms with Crippen LogP contribution >= 0.6 is 0 Å². The highest BCUT2D eigenvalue weighted by atomic mass is 16.7. The second kappa shape index (κ2) is 47.5. The minimum Gasteiger partial charge on any atom is -0.394 e. The molecule has 0 bridgehead atoms. The van der Waals surface area contributed by atoms with E-state index in [9.17, 15) is 45.6 Å². The maximum atomic E-state index is 13.3. The first-order valence-corrected chi connectivity index (χ1v) is 31.4. The molecule has 0 saturated carbocycles. The summed E-state index contributed by atoms with van der Waals surface area (Å²) in [4.78, 5) is 13.3. The van der Waals surface area contributed by atoms with Crippen LogP contribution in [0.3, 0.4) is 0 Å². The minimum absolute atomic E-state index is 0.233. The molecule has 0 aromatic carbocycles. The van der Waals surface area contributed by atoms with Crippen LogP contribution in [0.15, 0.2) is 12.2 Å². The molecule has 9 N–H and O–H groups in total. The molecule has 75 heavy (non-hydrogen) atoms. The summed E-state index contributed by atoms with van der Waals surface area (Å²) in [7, 11) is 0. The SMILES string of the molecule is CCCCCCCCCCCCCCC/C=C/C(O)C(COC1OC(CO)C(OC2OC(CO)C(O)C(O)C2O)C(O)C1O)NC(=O)CCCCCCCCCCCCCCCCCCCCCCCCCCCC. The van der Waals surface area contributed by atoms with E-state index in [2.05, 4.69) is 19.2 Å². The van der Waals surface area contributed by atoms with Crippen molar-refractivity contribution in [1.29, 1.82) is 0 Å². The van der Waals surface area contributed by atoms with E-state index >= 15 is 0 Å². The van der Waals surface area contributed by atoms with Crippen LogP contribution in [-0.4, -0.2) is 140 Å². The van der Waals surface area contributed by atoms with Gasteiger partial charge >= 0.3 is 0 Å². The van der Waals surface area contributed by atoms with Gasteiger partial charge < -0.3 is 65.1 Å². The summed E-state index contributed by atoms with van der Waals surface area (Å²) >= 11 is 0. The van der Waals surface area contributed by atoms with Crippen LogP contribution in [-0.2, 0) is 23.7 Å². The van der Waals surface area contributed by atoms with E-state index in [0.717, 1.165) is 38.5 Å². The number of aliphatic hydroxyl groups is 8. The van der Waals surface area contributed by atoms with Crippen molar-refractivity contribution in [3.8, 4) is 0 Å². The zero-order valence-corrected chi connectivity index (χ0v) is 47.8. The summed E-state index contributed by atoms with van der Waals surface area (Å²) < 4.78 is 22.8. The molecule has 2 rings (SSSR count). The predicted octanol–water partition coefficient (Wildman–Crippen LogP) is 11.1. The lowest BCUT2D eigenvalue weighted by molar-refractivity contribution is -0.359. The van der Waals surface area contributed by atoms with Gasteiger partial charge in [-0.2, -0.15) is 0 Å². The molecule has 444 valence electrons. The number of aliphatic hydroxyl groups excluding tert-OH is 8. The van der Waals surface area contributed by atoms with Crippen LogP contribution in [0, 0.1) is 0 Å². The third-order valence-electron chi connectivity index (χ3n) is 15.7. The molecule has 2 aliphatic rings. The highest BCUT2D eigenvalue weighted by Crippen LogP contribution is 2.30. The molecule has 12 atom stereocenters. The second-order valence-corrected chi connectivity index (χ2v) is 22.6. The Labute approximate surface area is 456 Å². The Hall–Kier alpha value is -1.27. The lowest BCUT2D eigenvalue weighted by Gasteiger charge is -2.46. The lowest BCUT2D eigenvalue weighted by Crippen LogP contribution is -2.65. The van der Waals surface area contributed by atoms with Crippen LogP contribution in [0.2, 0.25) is 0 Å². The van der Waals surface area contributed by atoms with Gasteiger partial charge in [-0.25, -0.2) is 0 Å². The van der Waals surface area contributed by atoms with Gasteiger partial charge in [-0.3, -0.25) is 4.79 Å². The minimum atomic E-state index is -1.79. The van der Waals surface area contributed by atoms with Crippen molar-refractivity contribution in [2.24, 2.45) is 0 Å². The maximum Gasteiger partial charge on any atom is 0.220 e. The fraction of sp³-hybridized carbons (Fsp3) is 0.951. The summed E-state index contributed by atoms with van der Waals surface area (Å²) in [6.45, 7) is 2.83. The van der Waals surface area contributed by atoms with Crippen LogP contribution < -0.4 is 5.32 Å². The summed E-state index contributed by atoms with van der Waals surface area (Å²) in [5.41, 5.74) is 0. The number of ether oxygens (including phenoxy) is 4. The number of hydrogen-bond donors (Lipinski definition) is 9. The van der Waals surface area contributed by atoms with Gasteiger partial charge in [0.2, 0.25) is 5.91 Å². The largest absolute Gasteiger partial charge is 0.394 e. The topological polar surface area (TPSA) is 228 Å². The van der Waals surface area contributed by atoms with Gasteiger partial charge in [0, 0.05) is 6.42 Å². The molecule has 12 unspecified atom stereocenters. The van der Waals surface area contributed by atoms with Gasteiger partial charge in [-0.05, 0) is 19.3 Å². The molecule has 0 aromatic heterocycles. The average Bonchev–Trinajstić information content (AvgIpc) is 3.41. The third kappa shape index (κ3) is 33.2. The third-order valence-corrected chi connectivity index (χ3v) is 15.7. The summed E-state index contributed by atoms with van der Waals surface area (Å²) in [5.74, 6) is -0.233. The molecule has 0 aliphatic carbocycles. The summed E-state index contributed by atoms with van der Waals surface area (Å²) in [6, 6.07) is -0.909. The number of amides is 1. The normalized spacial score (nSPS) is 25.0. The highest BCUT2D eigenvalue weighted by Gasteiger charge is 2.51. The highest BCUT2D eigenvalue weighted by molar-refractivity contribution is 5.76. The maximum absolute atomic E-state index is 13.3. The van der Waals surface area contributed by atoms with Gasteiger partial charge in [0.1, 0.15) is 48.8 Å². The average molecular weight is 1070 g/mol. The van der Waals surface area contributed by atoms with Crippen molar-refractivity contribution < 1.29 is 64.6 Å². The molecule has 2 fully saturated rings. The fourth-order valence-corrected chi connectivity index (χ4v) is 10.6. The Kier molecular flexibility index (Phi) is 44.3. The number of allylic oxidation sites excluding steroid dienone is 1. The molecule has 14 heteroatoms. The van der Waals surface area contributed by atoms with Crippen molar-refractivity contribution in [3.63, 3.8) is 0 Å². The summed E-state index contributed by atoms with van der Waals surface area (Å²) in [6.07, 6.45) is 38.3. The molecule has 2 aliphatic heterocycles. The van der Waals surface area contributed by atoms with Gasteiger partial charge in [0.05, 0.1) is 32.0 Å². The summed E-state index contributed by atoms with van der Waals surface area (Å²) in [5, 5.41) is 87.1. The van der Waals surface area contributed by atoms with E-state index in [1.807, 2.05) is 6.08 Å². The predicted molar refractivity (Wildman–Crippen MR) is 300 cm³/mol. The van der Waals surface area contributed by atoms with E-state index in [1.165, 1.54) is 212 Å². The van der Waals surface area contributed by atoms with E-state index in [1.54, 1.807) is 6.08 Å². The molecular weight excluding hydrogens is 955 g/mol. The standard InChI is InChI=1S/C61H117NO13/c1-3-5-7-9-11-13-15-17-19-20-21-22-23-24-25-26-27-28-29-31-33-35-37-39-41-43-45-53(66)62-49(50(65)44-42-40-38-36-34-32-30-18-16-14-12-10-8-6-4-2)48-72-60-58(71)56(69)59(52(47-64)74-60)75-61-57(70)55(68)54(67)51(46-63)73-61/h42,44,49-52,54-61,63-65,67-71H,3-41,43,45-48H2,1-2H3,(H,62,66)/b44-42+. The van der Waals surface area contributed by atoms with E-state index < -0.39 is 86.8 Å². The molecular formula is C61H117NO13. The molecule has 14 nitrogen and oxygen atoms in total. The zero-order valence-electron chi connectivity index (χ0n) is 47.8. The van der Waals surface area contributed by atoms with E-state index in [0.29, 0.717) is 6.42 Å². The molecule has 0 aromatic rings. The van der Waals surface area contributed by atoms with Crippen molar-refractivity contribution in [2.45, 2.75) is 351 Å². The zero-order chi connectivity index (χ0) is 54.6. The Bertz CT molecular complexity index is 1310. The lowest BCUT2D eigenvalue weighted by atomic mass is 9.97. The van der Waals surface area contributed by atoms with Crippen LogP contribution in [0.4, 0.5) is 0 Å². The molecule has 2 saturated heterocycles. The second-order valence-electron chi connectivity index (χ2n) is 22.6. The van der Waals surface area contributed by atoms with Crippen molar-refractivity contribution in [2.75, 3.05) is 19.8 Å². The number of nitrogens with one attached hydrogen (secondary N) is 1. The molecule has 2 heterocycles. The number of unbranched alkanes of at least 4 members (excludes halogenated alkanes) is 38. The Morgan fingerprint density at radius 1 is 0.467 bits per heavy atom. The number of hydrogen-bond acceptors (Lipinski definition) is 13. The van der Waals surface area contributed by atoms with Gasteiger partial charge in [-0.15, -0.1) is 0 Å². The first-order chi connectivity index (χ1) is 36.6.